The molecule has 1 aromatic rings. The zero-order chi connectivity index (χ0) is 15.1. The standard InChI is InChI=1S/C16H26N4O/c1-14(2)6-8-18-16(21)13-19-9-11-20(12-10-19)15-5-3-4-7-17-15/h3-5,7,14H,6,8-13H2,1-2H3,(H,18,21)/p+2. The highest BCUT2D eigenvalue weighted by molar-refractivity contribution is 5.76. The first kappa shape index (κ1) is 15.8. The van der Waals surface area contributed by atoms with Crippen LogP contribution in [0.25, 0.3) is 0 Å². The van der Waals surface area contributed by atoms with Crippen molar-refractivity contribution in [2.24, 2.45) is 5.92 Å². The Morgan fingerprint density at radius 1 is 1.38 bits per heavy atom. The maximum absolute atomic E-state index is 11.9. The van der Waals surface area contributed by atoms with Crippen LogP contribution in [-0.2, 0) is 4.79 Å². The van der Waals surface area contributed by atoms with E-state index < -0.39 is 0 Å². The first-order valence-electron chi connectivity index (χ1n) is 7.97. The molecule has 5 nitrogen and oxygen atoms in total. The summed E-state index contributed by atoms with van der Waals surface area (Å²) in [5.41, 5.74) is 0. The smallest absolute Gasteiger partial charge is 0.275 e. The van der Waals surface area contributed by atoms with E-state index in [-0.39, 0.29) is 5.91 Å². The van der Waals surface area contributed by atoms with Gasteiger partial charge in [-0.2, -0.15) is 0 Å². The number of anilines is 1. The van der Waals surface area contributed by atoms with Gasteiger partial charge in [-0.15, -0.1) is 0 Å². The number of aromatic nitrogens is 1. The number of carbonyl (C=O) groups is 1. The van der Waals surface area contributed by atoms with Crippen molar-refractivity contribution in [2.45, 2.75) is 20.3 Å². The van der Waals surface area contributed by atoms with Gasteiger partial charge in [0.25, 0.3) is 11.7 Å². The largest absolute Gasteiger partial charge is 0.351 e. The van der Waals surface area contributed by atoms with E-state index in [1.54, 1.807) is 0 Å². The lowest BCUT2D eigenvalue weighted by Gasteiger charge is -2.27. The molecule has 0 atom stereocenters. The fourth-order valence-electron chi connectivity index (χ4n) is 2.61. The Hall–Kier alpha value is -1.62. The highest BCUT2D eigenvalue weighted by Gasteiger charge is 2.26. The Morgan fingerprint density at radius 3 is 2.76 bits per heavy atom. The second-order valence-corrected chi connectivity index (χ2v) is 6.19. The zero-order valence-electron chi connectivity index (χ0n) is 13.2. The van der Waals surface area contributed by atoms with E-state index in [1.807, 2.05) is 18.3 Å². The summed E-state index contributed by atoms with van der Waals surface area (Å²) < 4.78 is 0. The molecule has 2 heterocycles. The van der Waals surface area contributed by atoms with Crippen LogP contribution in [0, 0.1) is 5.92 Å². The summed E-state index contributed by atoms with van der Waals surface area (Å²) in [5.74, 6) is 1.99. The van der Waals surface area contributed by atoms with E-state index >= 15 is 0 Å². The minimum atomic E-state index is 0.186. The molecule has 0 saturated carbocycles. The molecule has 1 aliphatic rings. The Kier molecular flexibility index (Phi) is 5.99. The number of piperazine rings is 1. The van der Waals surface area contributed by atoms with Gasteiger partial charge in [0.1, 0.15) is 26.2 Å². The molecule has 1 saturated heterocycles. The summed E-state index contributed by atoms with van der Waals surface area (Å²) in [7, 11) is 0. The molecule has 1 fully saturated rings. The summed E-state index contributed by atoms with van der Waals surface area (Å²) in [6, 6.07) is 6.14. The van der Waals surface area contributed by atoms with Crippen LogP contribution in [0.5, 0.6) is 0 Å². The second-order valence-electron chi connectivity index (χ2n) is 6.19. The number of nitrogens with zero attached hydrogens (tertiary/aromatic N) is 1. The van der Waals surface area contributed by atoms with Crippen LogP contribution in [0.2, 0.25) is 0 Å². The number of pyridine rings is 1. The van der Waals surface area contributed by atoms with Crippen LogP contribution in [0.3, 0.4) is 0 Å². The van der Waals surface area contributed by atoms with Crippen molar-refractivity contribution in [1.29, 1.82) is 0 Å². The summed E-state index contributed by atoms with van der Waals surface area (Å²) in [6.07, 6.45) is 3.01. The lowest BCUT2D eigenvalue weighted by Crippen LogP contribution is -3.16. The van der Waals surface area contributed by atoms with Crippen LogP contribution in [0.4, 0.5) is 5.82 Å². The first-order chi connectivity index (χ1) is 10.1. The van der Waals surface area contributed by atoms with Gasteiger partial charge in [0.05, 0.1) is 6.20 Å². The number of nitrogens with one attached hydrogen (secondary N) is 3. The van der Waals surface area contributed by atoms with E-state index in [0.717, 1.165) is 45.0 Å². The molecule has 0 aromatic carbocycles. The minimum Gasteiger partial charge on any atom is -0.351 e. The fourth-order valence-corrected chi connectivity index (χ4v) is 2.61. The maximum atomic E-state index is 11.9. The number of H-pyrrole nitrogens is 1. The SMILES string of the molecule is CC(C)CCNC(=O)C[NH+]1CCN(c2cccc[nH+]2)CC1. The maximum Gasteiger partial charge on any atom is 0.275 e. The Labute approximate surface area is 127 Å². The zero-order valence-corrected chi connectivity index (χ0v) is 13.2. The Morgan fingerprint density at radius 2 is 2.14 bits per heavy atom. The molecule has 1 aliphatic heterocycles. The van der Waals surface area contributed by atoms with Gasteiger partial charge in [0.15, 0.2) is 6.54 Å². The lowest BCUT2D eigenvalue weighted by atomic mass is 10.1. The van der Waals surface area contributed by atoms with Gasteiger partial charge < -0.3 is 10.2 Å². The third-order valence-electron chi connectivity index (χ3n) is 3.96. The Balaban J connectivity index is 1.68. The average molecular weight is 292 g/mol. The molecule has 3 N–H and O–H groups in total. The first-order valence-corrected chi connectivity index (χ1v) is 7.97. The van der Waals surface area contributed by atoms with Crippen LogP contribution in [0.15, 0.2) is 24.4 Å². The fraction of sp³-hybridized carbons (Fsp3) is 0.625. The van der Waals surface area contributed by atoms with Gasteiger partial charge in [0, 0.05) is 12.6 Å². The van der Waals surface area contributed by atoms with Crippen molar-refractivity contribution >= 4 is 11.7 Å². The third kappa shape index (κ3) is 5.34. The van der Waals surface area contributed by atoms with Gasteiger partial charge in [-0.1, -0.05) is 19.9 Å². The second kappa shape index (κ2) is 7.98. The summed E-state index contributed by atoms with van der Waals surface area (Å²) in [6.45, 7) is 9.78. The molecule has 5 heteroatoms. The van der Waals surface area contributed by atoms with Crippen molar-refractivity contribution in [3.63, 3.8) is 0 Å². The van der Waals surface area contributed by atoms with Crippen molar-refractivity contribution in [1.82, 2.24) is 5.32 Å². The number of hydrogen-bond acceptors (Lipinski definition) is 2. The van der Waals surface area contributed by atoms with Crippen molar-refractivity contribution < 1.29 is 14.7 Å². The van der Waals surface area contributed by atoms with E-state index in [9.17, 15) is 4.79 Å². The molecule has 0 bridgehead atoms. The van der Waals surface area contributed by atoms with Gasteiger partial charge in [0.2, 0.25) is 0 Å². The number of aromatic amines is 1. The molecular formula is C16H28N4O+2. The van der Waals surface area contributed by atoms with Crippen molar-refractivity contribution in [3.8, 4) is 0 Å². The highest BCUT2D eigenvalue weighted by Crippen LogP contribution is 2.04. The molecule has 1 amide bonds. The number of hydrogen-bond donors (Lipinski definition) is 2. The molecule has 21 heavy (non-hydrogen) atoms. The van der Waals surface area contributed by atoms with E-state index in [0.29, 0.717) is 12.5 Å². The van der Waals surface area contributed by atoms with Gasteiger partial charge >= 0.3 is 0 Å². The van der Waals surface area contributed by atoms with Crippen molar-refractivity contribution in [3.05, 3.63) is 24.4 Å². The predicted octanol–water partition coefficient (Wildman–Crippen LogP) is -0.632. The summed E-state index contributed by atoms with van der Waals surface area (Å²) >= 11 is 0. The van der Waals surface area contributed by atoms with Crippen LogP contribution >= 0.6 is 0 Å². The third-order valence-corrected chi connectivity index (χ3v) is 3.96. The number of rotatable bonds is 6. The predicted molar refractivity (Wildman–Crippen MR) is 83.2 cm³/mol. The van der Waals surface area contributed by atoms with Crippen LogP contribution in [-0.4, -0.2) is 45.2 Å². The monoisotopic (exact) mass is 292 g/mol. The van der Waals surface area contributed by atoms with Gasteiger partial charge in [-0.25, -0.2) is 4.98 Å². The molecule has 0 spiro atoms. The number of amides is 1. The minimum absolute atomic E-state index is 0.186. The number of quaternary nitrogens is 1. The van der Waals surface area contributed by atoms with Crippen LogP contribution in [0.1, 0.15) is 20.3 Å². The summed E-state index contributed by atoms with van der Waals surface area (Å²) in [5, 5.41) is 3.02. The molecule has 0 radical (unpaired) electrons. The topological polar surface area (TPSA) is 50.9 Å². The van der Waals surface area contributed by atoms with E-state index in [2.05, 4.69) is 35.1 Å². The highest BCUT2D eigenvalue weighted by atomic mass is 16.2. The molecule has 116 valence electrons. The average Bonchev–Trinajstić information content (AvgIpc) is 2.48. The van der Waals surface area contributed by atoms with E-state index in [4.69, 9.17) is 0 Å². The van der Waals surface area contributed by atoms with Crippen LogP contribution < -0.4 is 20.1 Å². The molecule has 1 aromatic heterocycles. The Bertz CT molecular complexity index is 427. The summed E-state index contributed by atoms with van der Waals surface area (Å²) in [4.78, 5) is 18.9. The lowest BCUT2D eigenvalue weighted by molar-refractivity contribution is -0.892. The normalized spacial score (nSPS) is 16.2. The molecule has 2 rings (SSSR count). The van der Waals surface area contributed by atoms with Gasteiger partial charge in [-0.3, -0.25) is 9.69 Å². The molecule has 0 aliphatic carbocycles. The van der Waals surface area contributed by atoms with Gasteiger partial charge in [-0.05, 0) is 18.4 Å². The quantitative estimate of drug-likeness (QED) is 0.733. The molecule has 0 unspecified atom stereocenters. The molecular weight excluding hydrogens is 264 g/mol. The van der Waals surface area contributed by atoms with Crippen molar-refractivity contribution in [2.75, 3.05) is 44.2 Å². The van der Waals surface area contributed by atoms with E-state index in [1.165, 1.54) is 4.90 Å². The number of carbonyl (C=O) groups excluding carboxylic acids is 1.